The summed E-state index contributed by atoms with van der Waals surface area (Å²) in [5, 5.41) is 0. The van der Waals surface area contributed by atoms with E-state index >= 15 is 0 Å². The first-order valence-electron chi connectivity index (χ1n) is 6.74. The van der Waals surface area contributed by atoms with E-state index in [1.54, 1.807) is 31.3 Å². The van der Waals surface area contributed by atoms with E-state index in [4.69, 9.17) is 5.73 Å². The fourth-order valence-electron chi connectivity index (χ4n) is 2.15. The maximum Gasteiger partial charge on any atom is 0.243 e. The molecule has 1 fully saturated rings. The van der Waals surface area contributed by atoms with Gasteiger partial charge in [-0.15, -0.1) is 0 Å². The molecule has 108 valence electrons. The number of nitrogens with zero attached hydrogens (tertiary/aromatic N) is 1. The molecule has 1 aliphatic rings. The van der Waals surface area contributed by atoms with Gasteiger partial charge in [0, 0.05) is 18.7 Å². The number of hydrogen-bond acceptors (Lipinski definition) is 3. The standard InChI is InChI=1S/C15H20N2O2S/c1-12(14-8-9-14)17(2)20(18,19)15-7-3-5-13(11-15)6-4-10-16/h3,5,7,11-12,14H,8-10,16H2,1-2H3. The molecule has 0 saturated heterocycles. The average Bonchev–Trinajstić information content (AvgIpc) is 3.28. The molecule has 0 aromatic heterocycles. The highest BCUT2D eigenvalue weighted by molar-refractivity contribution is 7.89. The van der Waals surface area contributed by atoms with Gasteiger partial charge in [-0.25, -0.2) is 8.42 Å². The van der Waals surface area contributed by atoms with E-state index in [0.717, 1.165) is 12.8 Å². The number of rotatable bonds is 4. The maximum atomic E-state index is 12.6. The molecule has 0 bridgehead atoms. The largest absolute Gasteiger partial charge is 0.320 e. The smallest absolute Gasteiger partial charge is 0.243 e. The Kier molecular flexibility index (Phi) is 4.48. The third-order valence-corrected chi connectivity index (χ3v) is 5.66. The molecule has 2 rings (SSSR count). The first kappa shape index (κ1) is 15.0. The normalized spacial score (nSPS) is 16.6. The van der Waals surface area contributed by atoms with E-state index in [2.05, 4.69) is 11.8 Å². The van der Waals surface area contributed by atoms with Crippen molar-refractivity contribution in [3.63, 3.8) is 0 Å². The lowest BCUT2D eigenvalue weighted by Gasteiger charge is -2.24. The van der Waals surface area contributed by atoms with Crippen LogP contribution in [0.25, 0.3) is 0 Å². The lowest BCUT2D eigenvalue weighted by molar-refractivity contribution is 0.357. The van der Waals surface area contributed by atoms with Crippen LogP contribution in [0.1, 0.15) is 25.3 Å². The van der Waals surface area contributed by atoms with Crippen molar-refractivity contribution in [2.45, 2.75) is 30.7 Å². The zero-order valence-electron chi connectivity index (χ0n) is 11.8. The van der Waals surface area contributed by atoms with Gasteiger partial charge in [-0.3, -0.25) is 0 Å². The summed E-state index contributed by atoms with van der Waals surface area (Å²) in [4.78, 5) is 0.288. The lowest BCUT2D eigenvalue weighted by atomic mass is 10.2. The van der Waals surface area contributed by atoms with E-state index in [0.29, 0.717) is 11.5 Å². The molecule has 1 saturated carbocycles. The summed E-state index contributed by atoms with van der Waals surface area (Å²) in [5.74, 6) is 6.09. The average molecular weight is 292 g/mol. The van der Waals surface area contributed by atoms with E-state index in [1.807, 2.05) is 6.92 Å². The molecule has 1 atom stereocenters. The third kappa shape index (κ3) is 3.21. The molecular formula is C15H20N2O2S. The molecule has 0 spiro atoms. The van der Waals surface area contributed by atoms with Gasteiger partial charge in [0.15, 0.2) is 0 Å². The summed E-state index contributed by atoms with van der Waals surface area (Å²) >= 11 is 0. The summed E-state index contributed by atoms with van der Waals surface area (Å²) < 4.78 is 26.6. The van der Waals surface area contributed by atoms with Crippen LogP contribution in [0.4, 0.5) is 0 Å². The van der Waals surface area contributed by atoms with E-state index in [1.165, 1.54) is 4.31 Å². The SMILES string of the molecule is CC(C1CC1)N(C)S(=O)(=O)c1cccc(C#CCN)c1. The Balaban J connectivity index is 2.28. The third-order valence-electron chi connectivity index (χ3n) is 3.72. The van der Waals surface area contributed by atoms with Gasteiger partial charge in [0.1, 0.15) is 0 Å². The Hall–Kier alpha value is -1.35. The molecule has 0 heterocycles. The lowest BCUT2D eigenvalue weighted by Crippen LogP contribution is -2.36. The van der Waals surface area contributed by atoms with Crippen molar-refractivity contribution in [1.29, 1.82) is 0 Å². The molecule has 1 aliphatic carbocycles. The highest BCUT2D eigenvalue weighted by atomic mass is 32.2. The number of nitrogens with two attached hydrogens (primary N) is 1. The Labute approximate surface area is 121 Å². The summed E-state index contributed by atoms with van der Waals surface area (Å²) in [5.41, 5.74) is 6.00. The molecule has 4 nitrogen and oxygen atoms in total. The predicted octanol–water partition coefficient (Wildman–Crippen LogP) is 1.42. The molecule has 0 amide bonds. The zero-order chi connectivity index (χ0) is 14.8. The number of sulfonamides is 1. The van der Waals surface area contributed by atoms with Crippen LogP contribution in [-0.2, 0) is 10.0 Å². The first-order chi connectivity index (χ1) is 9.46. The fourth-order valence-corrected chi connectivity index (χ4v) is 3.62. The van der Waals surface area contributed by atoms with Crippen molar-refractivity contribution in [2.24, 2.45) is 11.7 Å². The first-order valence-corrected chi connectivity index (χ1v) is 8.18. The Morgan fingerprint density at radius 1 is 1.45 bits per heavy atom. The zero-order valence-corrected chi connectivity index (χ0v) is 12.7. The van der Waals surface area contributed by atoms with Crippen molar-refractivity contribution in [2.75, 3.05) is 13.6 Å². The predicted molar refractivity (Wildman–Crippen MR) is 79.5 cm³/mol. The number of benzene rings is 1. The molecule has 1 aromatic carbocycles. The Morgan fingerprint density at radius 2 is 2.15 bits per heavy atom. The van der Waals surface area contributed by atoms with Crippen molar-refractivity contribution in [1.82, 2.24) is 4.31 Å². The van der Waals surface area contributed by atoms with Crippen molar-refractivity contribution in [3.8, 4) is 11.8 Å². The topological polar surface area (TPSA) is 63.4 Å². The summed E-state index contributed by atoms with van der Waals surface area (Å²) in [6, 6.07) is 6.75. The summed E-state index contributed by atoms with van der Waals surface area (Å²) in [7, 11) is -1.81. The highest BCUT2D eigenvalue weighted by Crippen LogP contribution is 2.36. The van der Waals surface area contributed by atoms with Gasteiger partial charge in [0.05, 0.1) is 11.4 Å². The molecule has 1 unspecified atom stereocenters. The van der Waals surface area contributed by atoms with Crippen LogP contribution in [0.15, 0.2) is 29.2 Å². The quantitative estimate of drug-likeness (QED) is 0.854. The molecule has 2 N–H and O–H groups in total. The minimum atomic E-state index is -3.46. The highest BCUT2D eigenvalue weighted by Gasteiger charge is 2.35. The maximum absolute atomic E-state index is 12.6. The summed E-state index contributed by atoms with van der Waals surface area (Å²) in [6.07, 6.45) is 2.23. The second kappa shape index (κ2) is 5.96. The van der Waals surface area contributed by atoms with Crippen molar-refractivity contribution < 1.29 is 8.42 Å². The molecule has 20 heavy (non-hydrogen) atoms. The van der Waals surface area contributed by atoms with Crippen LogP contribution in [0.2, 0.25) is 0 Å². The van der Waals surface area contributed by atoms with E-state index < -0.39 is 10.0 Å². The second-order valence-corrected chi connectivity index (χ2v) is 7.13. The Morgan fingerprint density at radius 3 is 2.75 bits per heavy atom. The summed E-state index contributed by atoms with van der Waals surface area (Å²) in [6.45, 7) is 2.23. The van der Waals surface area contributed by atoms with Crippen LogP contribution in [0, 0.1) is 17.8 Å². The minimum Gasteiger partial charge on any atom is -0.320 e. The minimum absolute atomic E-state index is 0.0405. The molecule has 0 aliphatic heterocycles. The van der Waals surface area contributed by atoms with Crippen LogP contribution >= 0.6 is 0 Å². The fraction of sp³-hybridized carbons (Fsp3) is 0.467. The monoisotopic (exact) mass is 292 g/mol. The molecular weight excluding hydrogens is 272 g/mol. The van der Waals surface area contributed by atoms with Crippen molar-refractivity contribution >= 4 is 10.0 Å². The van der Waals surface area contributed by atoms with Crippen LogP contribution < -0.4 is 5.73 Å². The van der Waals surface area contributed by atoms with Gasteiger partial charge >= 0.3 is 0 Å². The van der Waals surface area contributed by atoms with Gasteiger partial charge in [-0.2, -0.15) is 4.31 Å². The van der Waals surface area contributed by atoms with Crippen LogP contribution in [0.3, 0.4) is 0 Å². The van der Waals surface area contributed by atoms with E-state index in [-0.39, 0.29) is 17.5 Å². The second-order valence-electron chi connectivity index (χ2n) is 5.13. The van der Waals surface area contributed by atoms with Gasteiger partial charge in [-0.1, -0.05) is 17.9 Å². The van der Waals surface area contributed by atoms with Crippen LogP contribution in [-0.4, -0.2) is 32.4 Å². The molecule has 5 heteroatoms. The number of hydrogen-bond donors (Lipinski definition) is 1. The van der Waals surface area contributed by atoms with Gasteiger partial charge < -0.3 is 5.73 Å². The molecule has 1 aromatic rings. The van der Waals surface area contributed by atoms with E-state index in [9.17, 15) is 8.42 Å². The Bertz CT molecular complexity index is 639. The van der Waals surface area contributed by atoms with Gasteiger partial charge in [0.25, 0.3) is 0 Å². The van der Waals surface area contributed by atoms with Gasteiger partial charge in [0.2, 0.25) is 10.0 Å². The molecule has 0 radical (unpaired) electrons. The van der Waals surface area contributed by atoms with Gasteiger partial charge in [-0.05, 0) is 43.9 Å². The van der Waals surface area contributed by atoms with Crippen molar-refractivity contribution in [3.05, 3.63) is 29.8 Å². The van der Waals surface area contributed by atoms with Crippen LogP contribution in [0.5, 0.6) is 0 Å².